The van der Waals surface area contributed by atoms with Gasteiger partial charge in [-0.1, -0.05) is 24.1 Å². The Morgan fingerprint density at radius 1 is 1.31 bits per heavy atom. The summed E-state index contributed by atoms with van der Waals surface area (Å²) in [5.74, 6) is 0.558. The van der Waals surface area contributed by atoms with Crippen LogP contribution in [0.25, 0.3) is 22.2 Å². The van der Waals surface area contributed by atoms with Crippen molar-refractivity contribution in [1.29, 1.82) is 0 Å². The Labute approximate surface area is 168 Å². The van der Waals surface area contributed by atoms with Gasteiger partial charge in [-0.15, -0.1) is 0 Å². The van der Waals surface area contributed by atoms with E-state index in [1.807, 2.05) is 31.2 Å². The van der Waals surface area contributed by atoms with Crippen molar-refractivity contribution in [3.63, 3.8) is 0 Å². The Hall–Kier alpha value is -3.29. The highest BCUT2D eigenvalue weighted by Gasteiger charge is 2.30. The maximum absolute atomic E-state index is 11.9. The number of benzene rings is 1. The van der Waals surface area contributed by atoms with Gasteiger partial charge < -0.3 is 10.3 Å². The summed E-state index contributed by atoms with van der Waals surface area (Å²) in [6.07, 6.45) is 7.72. The van der Waals surface area contributed by atoms with Crippen LogP contribution in [0.2, 0.25) is 0 Å². The van der Waals surface area contributed by atoms with Crippen LogP contribution >= 0.6 is 0 Å². The maximum atomic E-state index is 11.9. The van der Waals surface area contributed by atoms with E-state index in [4.69, 9.17) is 0 Å². The van der Waals surface area contributed by atoms with Gasteiger partial charge in [-0.3, -0.25) is 10.3 Å². The summed E-state index contributed by atoms with van der Waals surface area (Å²) in [6, 6.07) is 7.00. The van der Waals surface area contributed by atoms with E-state index in [-0.39, 0.29) is 11.9 Å². The first-order valence-corrected chi connectivity index (χ1v) is 10.0. The number of carbonyl (C=O) groups is 1. The molecule has 150 valence electrons. The molecule has 2 heterocycles. The molecule has 1 unspecified atom stereocenters. The molecule has 0 radical (unpaired) electrons. The van der Waals surface area contributed by atoms with Gasteiger partial charge in [0.2, 0.25) is 5.95 Å². The summed E-state index contributed by atoms with van der Waals surface area (Å²) in [4.78, 5) is 35.7. The molecule has 29 heavy (non-hydrogen) atoms. The quantitative estimate of drug-likeness (QED) is 0.525. The number of fused-ring (bicyclic) bond motifs is 1. The predicted molar refractivity (Wildman–Crippen MR) is 113 cm³/mol. The van der Waals surface area contributed by atoms with Crippen molar-refractivity contribution in [2.75, 3.05) is 11.9 Å². The molecule has 1 saturated carbocycles. The summed E-state index contributed by atoms with van der Waals surface area (Å²) >= 11 is 0. The fraction of sp³-hybridized carbons (Fsp3) is 0.381. The standard InChI is InChI=1S/C21H24N6O2/c1-2-23-21(28)26-20-24-17-11-15(14-8-5-9-22-12-14)10-16(19(17)25-20)18(27-29)13-6-3-4-7-13/h5,8-13,18H,2-4,6-7H2,1H3,(H3,23,24,25,26,28). The van der Waals surface area contributed by atoms with E-state index >= 15 is 0 Å². The highest BCUT2D eigenvalue weighted by molar-refractivity contribution is 5.92. The van der Waals surface area contributed by atoms with Crippen molar-refractivity contribution in [1.82, 2.24) is 20.3 Å². The lowest BCUT2D eigenvalue weighted by Crippen LogP contribution is -2.28. The molecule has 0 aliphatic heterocycles. The Bertz CT molecular complexity index is 1010. The SMILES string of the molecule is CCNC(=O)Nc1nc2c(C(N=O)C3CCCC3)cc(-c3cccnc3)cc2[nH]1. The number of pyridine rings is 1. The zero-order valence-corrected chi connectivity index (χ0v) is 16.3. The molecule has 1 fully saturated rings. The molecule has 4 rings (SSSR count). The number of hydrogen-bond acceptors (Lipinski definition) is 5. The van der Waals surface area contributed by atoms with Crippen LogP contribution in [0.3, 0.4) is 0 Å². The molecular weight excluding hydrogens is 368 g/mol. The molecule has 3 N–H and O–H groups in total. The molecule has 1 aliphatic rings. The van der Waals surface area contributed by atoms with Gasteiger partial charge in [0.1, 0.15) is 6.04 Å². The normalized spacial score (nSPS) is 15.3. The summed E-state index contributed by atoms with van der Waals surface area (Å²) in [5, 5.41) is 8.90. The number of aromatic amines is 1. The molecule has 0 bridgehead atoms. The smallest absolute Gasteiger partial charge is 0.321 e. The van der Waals surface area contributed by atoms with Gasteiger partial charge in [0.05, 0.1) is 11.0 Å². The van der Waals surface area contributed by atoms with E-state index in [9.17, 15) is 9.70 Å². The fourth-order valence-electron chi connectivity index (χ4n) is 4.11. The summed E-state index contributed by atoms with van der Waals surface area (Å²) in [6.45, 7) is 2.36. The topological polar surface area (TPSA) is 112 Å². The van der Waals surface area contributed by atoms with Crippen LogP contribution in [0.15, 0.2) is 41.8 Å². The molecule has 1 atom stereocenters. The monoisotopic (exact) mass is 392 g/mol. The number of nitroso groups, excluding NO2 is 1. The number of urea groups is 1. The van der Waals surface area contributed by atoms with E-state index in [0.29, 0.717) is 18.0 Å². The van der Waals surface area contributed by atoms with Gasteiger partial charge in [-0.2, -0.15) is 4.91 Å². The van der Waals surface area contributed by atoms with E-state index < -0.39 is 6.04 Å². The first kappa shape index (κ1) is 19.0. The number of anilines is 1. The first-order chi connectivity index (χ1) is 14.2. The van der Waals surface area contributed by atoms with Gasteiger partial charge >= 0.3 is 6.03 Å². The lowest BCUT2D eigenvalue weighted by Gasteiger charge is -2.18. The minimum atomic E-state index is -0.461. The van der Waals surface area contributed by atoms with Gasteiger partial charge in [0.25, 0.3) is 0 Å². The molecular formula is C21H24N6O2. The van der Waals surface area contributed by atoms with Gasteiger partial charge in [0.15, 0.2) is 0 Å². The number of rotatable bonds is 6. The molecule has 8 heteroatoms. The van der Waals surface area contributed by atoms with E-state index in [1.165, 1.54) is 0 Å². The van der Waals surface area contributed by atoms with Crippen molar-refractivity contribution in [2.24, 2.45) is 11.1 Å². The van der Waals surface area contributed by atoms with E-state index in [0.717, 1.165) is 47.9 Å². The molecule has 0 spiro atoms. The second kappa shape index (κ2) is 8.38. The van der Waals surface area contributed by atoms with E-state index in [2.05, 4.69) is 30.8 Å². The number of carbonyl (C=O) groups excluding carboxylic acids is 1. The summed E-state index contributed by atoms with van der Waals surface area (Å²) in [5.41, 5.74) is 4.09. The van der Waals surface area contributed by atoms with Crippen LogP contribution in [0.5, 0.6) is 0 Å². The highest BCUT2D eigenvalue weighted by atomic mass is 16.3. The zero-order valence-electron chi connectivity index (χ0n) is 16.3. The number of amides is 2. The van der Waals surface area contributed by atoms with Gasteiger partial charge in [0, 0.05) is 30.1 Å². The number of aromatic nitrogens is 3. The minimum Gasteiger partial charge on any atom is -0.338 e. The lowest BCUT2D eigenvalue weighted by atomic mass is 9.89. The average molecular weight is 392 g/mol. The van der Waals surface area contributed by atoms with Crippen LogP contribution in [0, 0.1) is 10.8 Å². The Morgan fingerprint density at radius 2 is 2.14 bits per heavy atom. The molecule has 8 nitrogen and oxygen atoms in total. The number of imidazole rings is 1. The van der Waals surface area contributed by atoms with Gasteiger partial charge in [-0.25, -0.2) is 9.78 Å². The zero-order chi connectivity index (χ0) is 20.2. The van der Waals surface area contributed by atoms with Crippen LogP contribution in [0.4, 0.5) is 10.7 Å². The third-order valence-corrected chi connectivity index (χ3v) is 5.46. The van der Waals surface area contributed by atoms with Crippen molar-refractivity contribution in [3.8, 4) is 11.1 Å². The van der Waals surface area contributed by atoms with Crippen molar-refractivity contribution < 1.29 is 4.79 Å². The third-order valence-electron chi connectivity index (χ3n) is 5.46. The summed E-state index contributed by atoms with van der Waals surface area (Å²) in [7, 11) is 0. The van der Waals surface area contributed by atoms with Crippen molar-refractivity contribution >= 4 is 23.0 Å². The Morgan fingerprint density at radius 3 is 2.83 bits per heavy atom. The molecule has 3 aromatic rings. The predicted octanol–water partition coefficient (Wildman–Crippen LogP) is 4.76. The number of nitrogens with zero attached hydrogens (tertiary/aromatic N) is 3. The Kier molecular flexibility index (Phi) is 5.50. The molecule has 1 aliphatic carbocycles. The molecule has 0 saturated heterocycles. The second-order valence-electron chi connectivity index (χ2n) is 7.37. The van der Waals surface area contributed by atoms with Crippen LogP contribution in [0.1, 0.15) is 44.2 Å². The third kappa shape index (κ3) is 3.96. The average Bonchev–Trinajstić information content (AvgIpc) is 3.39. The molecule has 2 amide bonds. The largest absolute Gasteiger partial charge is 0.338 e. The van der Waals surface area contributed by atoms with Gasteiger partial charge in [-0.05, 0) is 49.4 Å². The van der Waals surface area contributed by atoms with E-state index in [1.54, 1.807) is 12.4 Å². The van der Waals surface area contributed by atoms with Crippen LogP contribution < -0.4 is 10.6 Å². The maximum Gasteiger partial charge on any atom is 0.321 e. The number of H-pyrrole nitrogens is 1. The van der Waals surface area contributed by atoms with Crippen LogP contribution in [-0.4, -0.2) is 27.5 Å². The molecule has 1 aromatic carbocycles. The number of hydrogen-bond donors (Lipinski definition) is 3. The lowest BCUT2D eigenvalue weighted by molar-refractivity contribution is 0.252. The van der Waals surface area contributed by atoms with Crippen molar-refractivity contribution in [2.45, 2.75) is 38.6 Å². The fourth-order valence-corrected chi connectivity index (χ4v) is 4.11. The summed E-state index contributed by atoms with van der Waals surface area (Å²) < 4.78 is 0. The Balaban J connectivity index is 1.82. The highest BCUT2D eigenvalue weighted by Crippen LogP contribution is 2.41. The first-order valence-electron chi connectivity index (χ1n) is 10.0. The molecule has 2 aromatic heterocycles. The minimum absolute atomic E-state index is 0.219. The van der Waals surface area contributed by atoms with Crippen LogP contribution in [-0.2, 0) is 0 Å². The van der Waals surface area contributed by atoms with Crippen molar-refractivity contribution in [3.05, 3.63) is 47.1 Å². The number of nitrogens with one attached hydrogen (secondary N) is 3. The second-order valence-corrected chi connectivity index (χ2v) is 7.37.